The van der Waals surface area contributed by atoms with Crippen molar-refractivity contribution in [2.75, 3.05) is 6.61 Å². The molecule has 3 aromatic carbocycles. The molecule has 1 heterocycles. The number of rotatable bonds is 12. The third kappa shape index (κ3) is 9.10. The number of nitrogens with one attached hydrogen (secondary N) is 2. The molecule has 0 aliphatic carbocycles. The van der Waals surface area contributed by atoms with E-state index in [1.165, 1.54) is 0 Å². The summed E-state index contributed by atoms with van der Waals surface area (Å²) in [5, 5.41) is 27.2. The first-order chi connectivity index (χ1) is 21.2. The van der Waals surface area contributed by atoms with Crippen molar-refractivity contribution in [3.05, 3.63) is 107 Å². The van der Waals surface area contributed by atoms with Crippen LogP contribution >= 0.6 is 0 Å². The zero-order valence-corrected chi connectivity index (χ0v) is 24.6. The van der Waals surface area contributed by atoms with Crippen LogP contribution in [0.5, 0.6) is 0 Å². The Hall–Kier alpha value is -4.29. The van der Waals surface area contributed by atoms with Gasteiger partial charge in [0.1, 0.15) is 30.9 Å². The molecule has 2 amide bonds. The fourth-order valence-electron chi connectivity index (χ4n) is 4.68. The summed E-state index contributed by atoms with van der Waals surface area (Å²) in [6.45, 7) is 3.67. The Morgan fingerprint density at radius 3 is 2.05 bits per heavy atom. The Kier molecular flexibility index (Phi) is 11.8. The lowest BCUT2D eigenvalue weighted by Crippen LogP contribution is -2.67. The number of aryl methyl sites for hydroxylation is 1. The molecule has 11 heteroatoms. The minimum Gasteiger partial charge on any atom is -0.464 e. The van der Waals surface area contributed by atoms with Crippen molar-refractivity contribution >= 4 is 18.0 Å². The van der Waals surface area contributed by atoms with E-state index in [0.717, 1.165) is 22.3 Å². The van der Waals surface area contributed by atoms with Crippen LogP contribution < -0.4 is 10.6 Å². The summed E-state index contributed by atoms with van der Waals surface area (Å²) in [5.74, 6) is -1.52. The highest BCUT2D eigenvalue weighted by molar-refractivity contribution is 5.87. The molecule has 234 valence electrons. The predicted molar refractivity (Wildman–Crippen MR) is 159 cm³/mol. The molecule has 0 aromatic heterocycles. The van der Waals surface area contributed by atoms with Gasteiger partial charge in [-0.05, 0) is 30.5 Å². The lowest BCUT2D eigenvalue weighted by atomic mass is 9.95. The van der Waals surface area contributed by atoms with E-state index in [-0.39, 0.29) is 26.2 Å². The maximum atomic E-state index is 13.4. The second-order valence-electron chi connectivity index (χ2n) is 10.4. The first-order valence-electron chi connectivity index (χ1n) is 14.4. The van der Waals surface area contributed by atoms with Crippen molar-refractivity contribution in [2.24, 2.45) is 0 Å². The first kappa shape index (κ1) is 32.6. The zero-order chi connectivity index (χ0) is 31.5. The van der Waals surface area contributed by atoms with Gasteiger partial charge >= 0.3 is 12.1 Å². The number of carbonyl (C=O) groups is 3. The monoisotopic (exact) mass is 606 g/mol. The van der Waals surface area contributed by atoms with Gasteiger partial charge in [0.05, 0.1) is 13.2 Å². The number of amides is 2. The fraction of sp³-hybridized carbons (Fsp3) is 0.364. The highest BCUT2D eigenvalue weighted by Gasteiger charge is 2.49. The van der Waals surface area contributed by atoms with Crippen molar-refractivity contribution in [1.29, 1.82) is 0 Å². The third-order valence-electron chi connectivity index (χ3n) is 7.06. The summed E-state index contributed by atoms with van der Waals surface area (Å²) in [4.78, 5) is 38.9. The van der Waals surface area contributed by atoms with Crippen molar-refractivity contribution in [3.63, 3.8) is 0 Å². The van der Waals surface area contributed by atoms with Gasteiger partial charge in [-0.1, -0.05) is 90.5 Å². The molecule has 0 bridgehead atoms. The van der Waals surface area contributed by atoms with Crippen LogP contribution in [0.3, 0.4) is 0 Å². The minimum atomic E-state index is -1.78. The summed E-state index contributed by atoms with van der Waals surface area (Å²) >= 11 is 0. The van der Waals surface area contributed by atoms with Crippen molar-refractivity contribution in [3.8, 4) is 0 Å². The normalized spacial score (nSPS) is 22.0. The van der Waals surface area contributed by atoms with E-state index in [2.05, 4.69) is 10.6 Å². The molecule has 44 heavy (non-hydrogen) atoms. The number of esters is 1. The number of hydrogen-bond donors (Lipinski definition) is 4. The molecule has 0 unspecified atom stereocenters. The Morgan fingerprint density at radius 1 is 0.818 bits per heavy atom. The van der Waals surface area contributed by atoms with E-state index in [1.807, 2.05) is 67.6 Å². The summed E-state index contributed by atoms with van der Waals surface area (Å²) in [7, 11) is 0. The Bertz CT molecular complexity index is 1350. The topological polar surface area (TPSA) is 153 Å². The SMILES string of the molecule is CCOC(=O)[C@@H](Cc1ccc(C)cc1)NC(=O)[C@H]1O[C@H](OCc2ccccc2)[C@H](NC(=O)OCc2ccccc2)[C@@H](O)[C@H]1O. The number of aliphatic hydroxyl groups is 2. The number of ether oxygens (including phenoxy) is 4. The van der Waals surface area contributed by atoms with Crippen LogP contribution in [0.25, 0.3) is 0 Å². The maximum Gasteiger partial charge on any atom is 0.407 e. The van der Waals surface area contributed by atoms with E-state index < -0.39 is 54.7 Å². The van der Waals surface area contributed by atoms with Gasteiger partial charge in [-0.25, -0.2) is 9.59 Å². The number of benzene rings is 3. The average molecular weight is 607 g/mol. The Balaban J connectivity index is 1.48. The van der Waals surface area contributed by atoms with E-state index in [4.69, 9.17) is 18.9 Å². The van der Waals surface area contributed by atoms with Crippen LogP contribution in [0.1, 0.15) is 29.2 Å². The quantitative estimate of drug-likeness (QED) is 0.228. The summed E-state index contributed by atoms with van der Waals surface area (Å²) in [6, 6.07) is 23.2. The molecule has 11 nitrogen and oxygen atoms in total. The molecular weight excluding hydrogens is 568 g/mol. The molecule has 1 aliphatic heterocycles. The van der Waals surface area contributed by atoms with Crippen molar-refractivity contribution in [2.45, 2.75) is 70.2 Å². The van der Waals surface area contributed by atoms with Crippen LogP contribution in [0, 0.1) is 6.92 Å². The number of alkyl carbamates (subject to hydrolysis) is 1. The van der Waals surface area contributed by atoms with Gasteiger partial charge in [-0.15, -0.1) is 0 Å². The van der Waals surface area contributed by atoms with E-state index in [0.29, 0.717) is 0 Å². The predicted octanol–water partition coefficient (Wildman–Crippen LogP) is 2.54. The molecule has 3 aromatic rings. The minimum absolute atomic E-state index is 0.0127. The summed E-state index contributed by atoms with van der Waals surface area (Å²) in [6.07, 6.45) is -7.24. The van der Waals surface area contributed by atoms with Crippen LogP contribution in [-0.2, 0) is 48.2 Å². The molecule has 1 saturated heterocycles. The van der Waals surface area contributed by atoms with E-state index >= 15 is 0 Å². The van der Waals surface area contributed by atoms with Crippen LogP contribution in [0.4, 0.5) is 4.79 Å². The van der Waals surface area contributed by atoms with Gasteiger partial charge in [-0.3, -0.25) is 4.79 Å². The van der Waals surface area contributed by atoms with Gasteiger partial charge in [0.25, 0.3) is 5.91 Å². The second-order valence-corrected chi connectivity index (χ2v) is 10.4. The number of hydrogen-bond acceptors (Lipinski definition) is 9. The summed E-state index contributed by atoms with van der Waals surface area (Å²) in [5.41, 5.74) is 3.33. The van der Waals surface area contributed by atoms with Crippen LogP contribution in [-0.4, -0.2) is 71.5 Å². The van der Waals surface area contributed by atoms with Gasteiger partial charge in [0.15, 0.2) is 12.4 Å². The second kappa shape index (κ2) is 16.0. The molecule has 0 radical (unpaired) electrons. The van der Waals surface area contributed by atoms with Crippen molar-refractivity contribution in [1.82, 2.24) is 10.6 Å². The lowest BCUT2D eigenvalue weighted by Gasteiger charge is -2.42. The Labute approximate surface area is 256 Å². The highest BCUT2D eigenvalue weighted by Crippen LogP contribution is 2.24. The first-order valence-corrected chi connectivity index (χ1v) is 14.4. The molecule has 0 saturated carbocycles. The van der Waals surface area contributed by atoms with Crippen LogP contribution in [0.2, 0.25) is 0 Å². The van der Waals surface area contributed by atoms with Crippen molar-refractivity contribution < 1.29 is 43.5 Å². The highest BCUT2D eigenvalue weighted by atomic mass is 16.7. The smallest absolute Gasteiger partial charge is 0.407 e. The largest absolute Gasteiger partial charge is 0.464 e. The average Bonchev–Trinajstić information content (AvgIpc) is 3.03. The fourth-order valence-corrected chi connectivity index (χ4v) is 4.68. The number of aliphatic hydroxyl groups excluding tert-OH is 2. The Morgan fingerprint density at radius 2 is 1.43 bits per heavy atom. The molecule has 4 rings (SSSR count). The van der Waals surface area contributed by atoms with Gasteiger partial charge in [-0.2, -0.15) is 0 Å². The van der Waals surface area contributed by atoms with Gasteiger partial charge in [0.2, 0.25) is 0 Å². The van der Waals surface area contributed by atoms with E-state index in [9.17, 15) is 24.6 Å². The maximum absolute atomic E-state index is 13.4. The molecular formula is C33H38N2O9. The molecule has 4 N–H and O–H groups in total. The third-order valence-corrected chi connectivity index (χ3v) is 7.06. The van der Waals surface area contributed by atoms with Gasteiger partial charge < -0.3 is 39.8 Å². The zero-order valence-electron chi connectivity index (χ0n) is 24.6. The molecule has 6 atom stereocenters. The molecule has 1 fully saturated rings. The van der Waals surface area contributed by atoms with E-state index in [1.54, 1.807) is 31.2 Å². The molecule has 0 spiro atoms. The standard InChI is InChI=1S/C33H38N2O9/c1-3-41-31(39)25(18-22-16-14-21(2)15-17-22)34-30(38)29-28(37)27(36)26(32(44-29)42-19-23-10-6-4-7-11-23)35-33(40)43-20-24-12-8-5-9-13-24/h4-17,25-29,32,36-37H,3,18-20H2,1-2H3,(H,34,38)(H,35,40)/t25-,26-,27-,28-,29+,32+/m1/s1. The summed E-state index contributed by atoms with van der Waals surface area (Å²) < 4.78 is 22.2. The number of carbonyl (C=O) groups excluding carboxylic acids is 3. The van der Waals surface area contributed by atoms with Crippen LogP contribution in [0.15, 0.2) is 84.9 Å². The lowest BCUT2D eigenvalue weighted by molar-refractivity contribution is -0.262. The molecule has 1 aliphatic rings. The van der Waals surface area contributed by atoms with Gasteiger partial charge in [0, 0.05) is 6.42 Å².